The van der Waals surface area contributed by atoms with Gasteiger partial charge in [0.25, 0.3) is 0 Å². The molecule has 0 bridgehead atoms. The maximum Gasteiger partial charge on any atom is 0.325 e. The van der Waals surface area contributed by atoms with Gasteiger partial charge in [0, 0.05) is 55.7 Å². The normalized spacial score (nSPS) is 17.2. The van der Waals surface area contributed by atoms with Crippen molar-refractivity contribution >= 4 is 34.9 Å². The van der Waals surface area contributed by atoms with Crippen LogP contribution in [-0.4, -0.2) is 67.6 Å². The van der Waals surface area contributed by atoms with Crippen molar-refractivity contribution in [2.75, 3.05) is 55.6 Å². The number of aryl methyl sites for hydroxylation is 1. The second-order valence-electron chi connectivity index (χ2n) is 7.54. The summed E-state index contributed by atoms with van der Waals surface area (Å²) in [4.78, 5) is 33.0. The lowest BCUT2D eigenvalue weighted by molar-refractivity contribution is -0.131. The molecule has 29 heavy (non-hydrogen) atoms. The van der Waals surface area contributed by atoms with E-state index in [4.69, 9.17) is 11.6 Å². The number of hydrogen-bond donors (Lipinski definition) is 0. The van der Waals surface area contributed by atoms with E-state index in [0.717, 1.165) is 30.0 Å². The number of rotatable bonds is 4. The fourth-order valence-corrected chi connectivity index (χ4v) is 4.03. The van der Waals surface area contributed by atoms with Gasteiger partial charge in [0.2, 0.25) is 5.91 Å². The number of piperazine rings is 1. The predicted molar refractivity (Wildman–Crippen MR) is 116 cm³/mol. The molecule has 0 unspecified atom stereocenters. The average molecular weight is 413 g/mol. The average Bonchev–Trinajstić information content (AvgIpc) is 3.09. The van der Waals surface area contributed by atoms with Crippen molar-refractivity contribution < 1.29 is 9.59 Å². The Labute approximate surface area is 176 Å². The van der Waals surface area contributed by atoms with E-state index in [1.165, 1.54) is 0 Å². The quantitative estimate of drug-likeness (QED) is 0.774. The fraction of sp³-hybridized carbons (Fsp3) is 0.364. The standard InChI is InChI=1S/C22H25ClN4O2/c1-17-5-7-19(8-6-17)27-14-13-26(22(27)29)16-21(28)25-11-9-24(10-12-25)20-4-2-3-18(23)15-20/h2-8,15H,9-14,16H2,1H3. The van der Waals surface area contributed by atoms with Gasteiger partial charge in [-0.2, -0.15) is 0 Å². The van der Waals surface area contributed by atoms with E-state index in [2.05, 4.69) is 4.90 Å². The zero-order valence-electron chi connectivity index (χ0n) is 16.6. The van der Waals surface area contributed by atoms with Crippen LogP contribution in [0.1, 0.15) is 5.56 Å². The Hall–Kier alpha value is -2.73. The molecule has 152 valence electrons. The monoisotopic (exact) mass is 412 g/mol. The molecule has 2 aliphatic heterocycles. The highest BCUT2D eigenvalue weighted by atomic mass is 35.5. The molecule has 0 N–H and O–H groups in total. The number of nitrogens with zero attached hydrogens (tertiary/aromatic N) is 4. The third-order valence-electron chi connectivity index (χ3n) is 5.57. The van der Waals surface area contributed by atoms with Gasteiger partial charge >= 0.3 is 6.03 Å². The van der Waals surface area contributed by atoms with Crippen molar-refractivity contribution in [3.63, 3.8) is 0 Å². The molecule has 2 heterocycles. The van der Waals surface area contributed by atoms with E-state index in [1.54, 1.807) is 9.80 Å². The fourth-order valence-electron chi connectivity index (χ4n) is 3.84. The van der Waals surface area contributed by atoms with Crippen molar-refractivity contribution in [3.8, 4) is 0 Å². The number of halogens is 1. The number of carbonyl (C=O) groups excluding carboxylic acids is 2. The van der Waals surface area contributed by atoms with Gasteiger partial charge in [-0.25, -0.2) is 4.79 Å². The van der Waals surface area contributed by atoms with Gasteiger partial charge in [-0.05, 0) is 37.3 Å². The third kappa shape index (κ3) is 4.32. The van der Waals surface area contributed by atoms with Crippen LogP contribution >= 0.6 is 11.6 Å². The summed E-state index contributed by atoms with van der Waals surface area (Å²) in [7, 11) is 0. The summed E-state index contributed by atoms with van der Waals surface area (Å²) in [5.74, 6) is 0.00912. The first-order valence-corrected chi connectivity index (χ1v) is 10.3. The number of carbonyl (C=O) groups is 2. The first-order valence-electron chi connectivity index (χ1n) is 9.93. The van der Waals surface area contributed by atoms with Crippen LogP contribution < -0.4 is 9.80 Å². The van der Waals surface area contributed by atoms with Crippen molar-refractivity contribution in [1.82, 2.24) is 9.80 Å². The molecule has 4 rings (SSSR count). The zero-order chi connectivity index (χ0) is 20.4. The van der Waals surface area contributed by atoms with Gasteiger partial charge in [-0.15, -0.1) is 0 Å². The molecule has 6 nitrogen and oxygen atoms in total. The lowest BCUT2D eigenvalue weighted by Crippen LogP contribution is -2.51. The second-order valence-corrected chi connectivity index (χ2v) is 7.98. The summed E-state index contributed by atoms with van der Waals surface area (Å²) in [6, 6.07) is 15.6. The van der Waals surface area contributed by atoms with Crippen molar-refractivity contribution in [2.24, 2.45) is 0 Å². The Bertz CT molecular complexity index is 894. The first kappa shape index (κ1) is 19.6. The summed E-state index contributed by atoms with van der Waals surface area (Å²) < 4.78 is 0. The maximum atomic E-state index is 12.8. The largest absolute Gasteiger partial charge is 0.368 e. The van der Waals surface area contributed by atoms with Crippen LogP contribution in [-0.2, 0) is 4.79 Å². The molecule has 2 fully saturated rings. The molecule has 0 radical (unpaired) electrons. The number of urea groups is 1. The molecule has 0 atom stereocenters. The maximum absolute atomic E-state index is 12.8. The minimum absolute atomic E-state index is 0.00912. The zero-order valence-corrected chi connectivity index (χ0v) is 17.3. The van der Waals surface area contributed by atoms with Crippen LogP contribution in [0.4, 0.5) is 16.2 Å². The van der Waals surface area contributed by atoms with E-state index in [1.807, 2.05) is 60.4 Å². The SMILES string of the molecule is Cc1ccc(N2CCN(CC(=O)N3CCN(c4cccc(Cl)c4)CC3)C2=O)cc1. The lowest BCUT2D eigenvalue weighted by Gasteiger charge is -2.36. The Morgan fingerprint density at radius 2 is 1.66 bits per heavy atom. The van der Waals surface area contributed by atoms with Gasteiger partial charge in [-0.1, -0.05) is 35.4 Å². The molecule has 2 aromatic carbocycles. The second kappa shape index (κ2) is 8.33. The Morgan fingerprint density at radius 3 is 2.34 bits per heavy atom. The number of hydrogen-bond acceptors (Lipinski definition) is 3. The van der Waals surface area contributed by atoms with Gasteiger partial charge in [-0.3, -0.25) is 9.69 Å². The van der Waals surface area contributed by atoms with E-state index in [9.17, 15) is 9.59 Å². The highest BCUT2D eigenvalue weighted by molar-refractivity contribution is 6.30. The minimum atomic E-state index is -0.0974. The summed E-state index contributed by atoms with van der Waals surface area (Å²) in [5, 5.41) is 0.715. The molecule has 2 saturated heterocycles. The first-order chi connectivity index (χ1) is 14.0. The molecule has 0 aromatic heterocycles. The van der Waals surface area contributed by atoms with Gasteiger partial charge in [0.05, 0.1) is 0 Å². The molecular weight excluding hydrogens is 388 g/mol. The summed E-state index contributed by atoms with van der Waals surface area (Å²) in [6.07, 6.45) is 0. The van der Waals surface area contributed by atoms with Gasteiger partial charge < -0.3 is 14.7 Å². The molecule has 2 aliphatic rings. The van der Waals surface area contributed by atoms with Crippen LogP contribution in [0.5, 0.6) is 0 Å². The smallest absolute Gasteiger partial charge is 0.325 e. The number of benzene rings is 2. The Kier molecular flexibility index (Phi) is 5.62. The molecule has 0 saturated carbocycles. The molecule has 3 amide bonds. The molecular formula is C22H25ClN4O2. The van der Waals surface area contributed by atoms with Gasteiger partial charge in [0.15, 0.2) is 0 Å². The lowest BCUT2D eigenvalue weighted by atomic mass is 10.2. The van der Waals surface area contributed by atoms with Crippen LogP contribution in [0, 0.1) is 6.92 Å². The van der Waals surface area contributed by atoms with E-state index < -0.39 is 0 Å². The molecule has 0 spiro atoms. The van der Waals surface area contributed by atoms with Gasteiger partial charge in [0.1, 0.15) is 6.54 Å². The minimum Gasteiger partial charge on any atom is -0.368 e. The van der Waals surface area contributed by atoms with Crippen LogP contribution in [0.15, 0.2) is 48.5 Å². The molecule has 0 aliphatic carbocycles. The Morgan fingerprint density at radius 1 is 0.931 bits per heavy atom. The molecule has 7 heteroatoms. The topological polar surface area (TPSA) is 47.1 Å². The van der Waals surface area contributed by atoms with Crippen LogP contribution in [0.25, 0.3) is 0 Å². The van der Waals surface area contributed by atoms with E-state index >= 15 is 0 Å². The Balaban J connectivity index is 1.31. The van der Waals surface area contributed by atoms with E-state index in [0.29, 0.717) is 31.2 Å². The summed E-state index contributed by atoms with van der Waals surface area (Å²) in [6.45, 7) is 6.15. The number of amides is 3. The molecule has 2 aromatic rings. The summed E-state index contributed by atoms with van der Waals surface area (Å²) in [5.41, 5.74) is 3.11. The van der Waals surface area contributed by atoms with E-state index in [-0.39, 0.29) is 18.5 Å². The summed E-state index contributed by atoms with van der Waals surface area (Å²) >= 11 is 6.08. The highest BCUT2D eigenvalue weighted by Gasteiger charge is 2.32. The predicted octanol–water partition coefficient (Wildman–Crippen LogP) is 3.24. The van der Waals surface area contributed by atoms with Crippen molar-refractivity contribution in [2.45, 2.75) is 6.92 Å². The van der Waals surface area contributed by atoms with Crippen LogP contribution in [0.3, 0.4) is 0 Å². The van der Waals surface area contributed by atoms with Crippen LogP contribution in [0.2, 0.25) is 5.02 Å². The third-order valence-corrected chi connectivity index (χ3v) is 5.81. The highest BCUT2D eigenvalue weighted by Crippen LogP contribution is 2.22. The number of anilines is 2. The van der Waals surface area contributed by atoms with Crippen molar-refractivity contribution in [1.29, 1.82) is 0 Å². The van der Waals surface area contributed by atoms with Crippen molar-refractivity contribution in [3.05, 3.63) is 59.1 Å².